The van der Waals surface area contributed by atoms with E-state index in [0.717, 1.165) is 45.2 Å². The van der Waals surface area contributed by atoms with Crippen LogP contribution in [0, 0.1) is 3.57 Å². The molecule has 0 atom stereocenters. The minimum Gasteiger partial charge on any atom is -0.302 e. The van der Waals surface area contributed by atoms with Gasteiger partial charge in [0.2, 0.25) is 10.0 Å². The van der Waals surface area contributed by atoms with E-state index >= 15 is 0 Å². The Hall–Kier alpha value is -2.23. The number of aromatic nitrogens is 2. The molecule has 5 nitrogen and oxygen atoms in total. The number of nitrogens with zero attached hydrogens (tertiary/aromatic N) is 3. The van der Waals surface area contributed by atoms with Gasteiger partial charge >= 0.3 is 0 Å². The number of fused-ring (bicyclic) bond motifs is 2. The van der Waals surface area contributed by atoms with Gasteiger partial charge in [0.1, 0.15) is 0 Å². The van der Waals surface area contributed by atoms with E-state index in [1.54, 1.807) is 12.4 Å². The largest absolute Gasteiger partial charge is 0.302 e. The first-order valence-corrected chi connectivity index (χ1v) is 12.8. The van der Waals surface area contributed by atoms with E-state index in [0.29, 0.717) is 5.65 Å². The van der Waals surface area contributed by atoms with Crippen LogP contribution in [0.1, 0.15) is 16.7 Å². The molecule has 1 aliphatic heterocycles. The van der Waals surface area contributed by atoms with Crippen molar-refractivity contribution in [3.8, 4) is 11.1 Å². The summed E-state index contributed by atoms with van der Waals surface area (Å²) in [6.45, 7) is 2.04. The molecule has 0 saturated carbocycles. The number of benzene rings is 2. The Balaban J connectivity index is 1.54. The zero-order chi connectivity index (χ0) is 21.6. The quantitative estimate of drug-likeness (QED) is 0.351. The summed E-state index contributed by atoms with van der Waals surface area (Å²) in [5.41, 5.74) is 6.10. The van der Waals surface area contributed by atoms with Crippen LogP contribution in [0.3, 0.4) is 0 Å². The molecule has 4 aromatic rings. The highest BCUT2D eigenvalue weighted by Gasteiger charge is 2.21. The third-order valence-corrected chi connectivity index (χ3v) is 8.23. The lowest BCUT2D eigenvalue weighted by molar-refractivity contribution is 0.313. The number of hydrogen-bond acceptors (Lipinski definition) is 4. The van der Waals surface area contributed by atoms with Gasteiger partial charge in [-0.3, -0.25) is 0 Å². The van der Waals surface area contributed by atoms with Crippen LogP contribution in [0.2, 0.25) is 0 Å². The second-order valence-corrected chi connectivity index (χ2v) is 11.1. The molecule has 0 spiro atoms. The van der Waals surface area contributed by atoms with Crippen molar-refractivity contribution in [2.24, 2.45) is 0 Å². The molecule has 1 aliphatic rings. The highest BCUT2D eigenvalue weighted by molar-refractivity contribution is 14.1. The maximum absolute atomic E-state index is 13.1. The Bertz CT molecular complexity index is 1380. The Morgan fingerprint density at radius 3 is 2.65 bits per heavy atom. The van der Waals surface area contributed by atoms with Crippen molar-refractivity contribution in [1.29, 1.82) is 0 Å². The van der Waals surface area contributed by atoms with Crippen LogP contribution in [0.5, 0.6) is 0 Å². The summed E-state index contributed by atoms with van der Waals surface area (Å²) in [7, 11) is -1.43. The highest BCUT2D eigenvalue weighted by atomic mass is 127. The van der Waals surface area contributed by atoms with Crippen LogP contribution in [0.15, 0.2) is 67.0 Å². The van der Waals surface area contributed by atoms with Gasteiger partial charge in [-0.05, 0) is 70.4 Å². The van der Waals surface area contributed by atoms with Crippen molar-refractivity contribution < 1.29 is 8.42 Å². The molecular formula is C24H22IN3O2S. The fourth-order valence-electron chi connectivity index (χ4n) is 4.14. The molecule has 7 heteroatoms. The molecule has 0 amide bonds. The predicted octanol–water partition coefficient (Wildman–Crippen LogP) is 4.67. The summed E-state index contributed by atoms with van der Waals surface area (Å²) >= 11 is 2.19. The number of hydrogen-bond donors (Lipinski definition) is 0. The van der Waals surface area contributed by atoms with Gasteiger partial charge in [-0.25, -0.2) is 17.4 Å². The Morgan fingerprint density at radius 2 is 1.84 bits per heavy atom. The normalized spacial score (nSPS) is 14.6. The minimum atomic E-state index is -3.57. The van der Waals surface area contributed by atoms with Crippen molar-refractivity contribution in [2.45, 2.75) is 18.7 Å². The number of rotatable bonds is 4. The molecule has 0 saturated heterocycles. The topological polar surface area (TPSA) is 55.2 Å². The number of pyridine rings is 1. The summed E-state index contributed by atoms with van der Waals surface area (Å²) in [5, 5.41) is 0.851. The van der Waals surface area contributed by atoms with Gasteiger partial charge in [-0.15, -0.1) is 0 Å². The molecule has 0 radical (unpaired) electrons. The predicted molar refractivity (Wildman–Crippen MR) is 132 cm³/mol. The third kappa shape index (κ3) is 4.02. The van der Waals surface area contributed by atoms with Crippen LogP contribution >= 0.6 is 22.6 Å². The molecule has 0 bridgehead atoms. The zero-order valence-electron chi connectivity index (χ0n) is 17.1. The standard InChI is InChI=1S/C24H22IN3O2S/c1-27-10-9-18-7-8-19(11-21(18)14-27)20-12-22-23(25)15-28(24(22)26-13-20)31(29,30)16-17-5-3-2-4-6-17/h2-8,11-13,15H,9-10,14,16H2,1H3. The lowest BCUT2D eigenvalue weighted by Gasteiger charge is -2.25. The molecule has 2 aromatic heterocycles. The first kappa shape index (κ1) is 20.7. The van der Waals surface area contributed by atoms with E-state index in [2.05, 4.69) is 57.7 Å². The number of halogens is 1. The van der Waals surface area contributed by atoms with E-state index in [1.165, 1.54) is 15.1 Å². The smallest absolute Gasteiger partial charge is 0.244 e. The average Bonchev–Trinajstić information content (AvgIpc) is 3.10. The van der Waals surface area contributed by atoms with Crippen molar-refractivity contribution >= 4 is 43.6 Å². The van der Waals surface area contributed by atoms with Crippen molar-refractivity contribution in [1.82, 2.24) is 13.9 Å². The molecule has 5 rings (SSSR count). The minimum absolute atomic E-state index is 0.0600. The van der Waals surface area contributed by atoms with E-state index in [4.69, 9.17) is 0 Å². The van der Waals surface area contributed by atoms with Crippen LogP contribution in [-0.4, -0.2) is 35.9 Å². The molecule has 158 valence electrons. The lowest BCUT2D eigenvalue weighted by Crippen LogP contribution is -2.26. The van der Waals surface area contributed by atoms with E-state index in [-0.39, 0.29) is 5.75 Å². The van der Waals surface area contributed by atoms with E-state index < -0.39 is 10.0 Å². The van der Waals surface area contributed by atoms with Crippen LogP contribution < -0.4 is 0 Å². The van der Waals surface area contributed by atoms with Gasteiger partial charge < -0.3 is 4.90 Å². The Kier molecular flexibility index (Phi) is 5.35. The van der Waals surface area contributed by atoms with E-state index in [9.17, 15) is 8.42 Å². The molecular weight excluding hydrogens is 521 g/mol. The lowest BCUT2D eigenvalue weighted by atomic mass is 9.95. The van der Waals surface area contributed by atoms with Gasteiger partial charge in [0.15, 0.2) is 5.65 Å². The molecule has 3 heterocycles. The fourth-order valence-corrected chi connectivity index (χ4v) is 6.44. The average molecular weight is 543 g/mol. The second kappa shape index (κ2) is 8.03. The van der Waals surface area contributed by atoms with Crippen LogP contribution in [0.4, 0.5) is 0 Å². The van der Waals surface area contributed by atoms with Gasteiger partial charge in [0.25, 0.3) is 0 Å². The fraction of sp³-hybridized carbons (Fsp3) is 0.208. The summed E-state index contributed by atoms with van der Waals surface area (Å²) in [4.78, 5) is 6.91. The Labute approximate surface area is 195 Å². The van der Waals surface area contributed by atoms with Crippen molar-refractivity contribution in [3.05, 3.63) is 87.3 Å². The van der Waals surface area contributed by atoms with Gasteiger partial charge in [0, 0.05) is 40.0 Å². The van der Waals surface area contributed by atoms with Gasteiger partial charge in [-0.1, -0.05) is 42.5 Å². The zero-order valence-corrected chi connectivity index (χ0v) is 20.1. The second-order valence-electron chi connectivity index (χ2n) is 8.08. The summed E-state index contributed by atoms with van der Waals surface area (Å²) in [5.74, 6) is -0.0600. The van der Waals surface area contributed by atoms with Gasteiger partial charge in [0.05, 0.1) is 5.75 Å². The first-order chi connectivity index (χ1) is 14.9. The summed E-state index contributed by atoms with van der Waals surface area (Å²) in [6, 6.07) is 17.9. The molecule has 31 heavy (non-hydrogen) atoms. The maximum atomic E-state index is 13.1. The van der Waals surface area contributed by atoms with Gasteiger partial charge in [-0.2, -0.15) is 0 Å². The van der Waals surface area contributed by atoms with Crippen LogP contribution in [0.25, 0.3) is 22.2 Å². The van der Waals surface area contributed by atoms with Crippen LogP contribution in [-0.2, 0) is 28.7 Å². The summed E-state index contributed by atoms with van der Waals surface area (Å²) in [6.07, 6.45) is 4.52. The molecule has 2 aromatic carbocycles. The Morgan fingerprint density at radius 1 is 1.03 bits per heavy atom. The maximum Gasteiger partial charge on any atom is 0.244 e. The van der Waals surface area contributed by atoms with Crippen molar-refractivity contribution in [3.63, 3.8) is 0 Å². The molecule has 0 fully saturated rings. The monoisotopic (exact) mass is 543 g/mol. The third-order valence-electron chi connectivity index (χ3n) is 5.80. The first-order valence-electron chi connectivity index (χ1n) is 10.2. The summed E-state index contributed by atoms with van der Waals surface area (Å²) < 4.78 is 28.4. The highest BCUT2D eigenvalue weighted by Crippen LogP contribution is 2.30. The SMILES string of the molecule is CN1CCc2ccc(-c3cnc4c(c3)c(I)cn4S(=O)(=O)Cc3ccccc3)cc2C1. The molecule has 0 unspecified atom stereocenters. The molecule has 0 N–H and O–H groups in total. The van der Waals surface area contributed by atoms with Crippen molar-refractivity contribution in [2.75, 3.05) is 13.6 Å². The van der Waals surface area contributed by atoms with E-state index in [1.807, 2.05) is 36.4 Å². The number of likely N-dealkylation sites (N-methyl/N-ethyl adjacent to an activating group) is 1. The molecule has 0 aliphatic carbocycles.